The summed E-state index contributed by atoms with van der Waals surface area (Å²) in [5, 5.41) is 4.60. The second-order valence-corrected chi connectivity index (χ2v) is 5.97. The zero-order valence-electron chi connectivity index (χ0n) is 13.8. The zero-order chi connectivity index (χ0) is 15.8. The van der Waals surface area contributed by atoms with Crippen molar-refractivity contribution in [3.8, 4) is 5.88 Å². The lowest BCUT2D eigenvalue weighted by Crippen LogP contribution is -2.28. The van der Waals surface area contributed by atoms with E-state index in [4.69, 9.17) is 19.9 Å². The van der Waals surface area contributed by atoms with Crippen LogP contribution < -0.4 is 10.5 Å². The molecule has 0 atom stereocenters. The highest BCUT2D eigenvalue weighted by atomic mass is 16.5. The van der Waals surface area contributed by atoms with Crippen molar-refractivity contribution in [1.29, 1.82) is 0 Å². The van der Waals surface area contributed by atoms with Crippen molar-refractivity contribution in [3.05, 3.63) is 11.8 Å². The van der Waals surface area contributed by atoms with E-state index in [1.165, 1.54) is 0 Å². The summed E-state index contributed by atoms with van der Waals surface area (Å²) < 4.78 is 18.2. The van der Waals surface area contributed by atoms with Gasteiger partial charge in [0.2, 0.25) is 5.88 Å². The smallest absolute Gasteiger partial charge is 0.235 e. The normalized spacial score (nSPS) is 22.0. The van der Waals surface area contributed by atoms with Gasteiger partial charge in [-0.15, -0.1) is 5.10 Å². The molecule has 1 heterocycles. The lowest BCUT2D eigenvalue weighted by molar-refractivity contribution is 0.0641. The number of rotatable bonds is 9. The fourth-order valence-electron chi connectivity index (χ4n) is 2.74. The molecule has 0 radical (unpaired) electrons. The molecule has 6 nitrogen and oxygen atoms in total. The van der Waals surface area contributed by atoms with Crippen LogP contribution in [0.1, 0.15) is 43.7 Å². The predicted molar refractivity (Wildman–Crippen MR) is 85.3 cm³/mol. The van der Waals surface area contributed by atoms with Crippen LogP contribution in [0, 0.1) is 6.92 Å². The highest BCUT2D eigenvalue weighted by Crippen LogP contribution is 2.29. The number of nitrogens with two attached hydrogens (primary N) is 1. The van der Waals surface area contributed by atoms with E-state index in [-0.39, 0.29) is 0 Å². The van der Waals surface area contributed by atoms with Gasteiger partial charge in [0.05, 0.1) is 25.9 Å². The molecular formula is C16H29N3O3. The van der Waals surface area contributed by atoms with Gasteiger partial charge in [0.1, 0.15) is 0 Å². The minimum atomic E-state index is 0.363. The van der Waals surface area contributed by atoms with Crippen LogP contribution in [-0.2, 0) is 9.47 Å². The molecule has 0 saturated heterocycles. The Morgan fingerprint density at radius 1 is 1.18 bits per heavy atom. The third-order valence-corrected chi connectivity index (χ3v) is 4.09. The Morgan fingerprint density at radius 2 is 1.95 bits per heavy atom. The van der Waals surface area contributed by atoms with E-state index in [1.807, 2.05) is 6.92 Å². The van der Waals surface area contributed by atoms with Crippen LogP contribution in [0.15, 0.2) is 6.20 Å². The molecule has 6 heteroatoms. The van der Waals surface area contributed by atoms with E-state index in [2.05, 4.69) is 16.0 Å². The number of methoxy groups -OCH3 is 1. The van der Waals surface area contributed by atoms with Crippen LogP contribution in [0.4, 0.5) is 0 Å². The van der Waals surface area contributed by atoms with E-state index < -0.39 is 0 Å². The van der Waals surface area contributed by atoms with Gasteiger partial charge in [0.15, 0.2) is 0 Å². The third-order valence-electron chi connectivity index (χ3n) is 4.09. The van der Waals surface area contributed by atoms with E-state index >= 15 is 0 Å². The fraction of sp³-hybridized carbons (Fsp3) is 0.812. The van der Waals surface area contributed by atoms with Gasteiger partial charge in [-0.25, -0.2) is 0 Å². The number of nitrogens with zero attached hydrogens (tertiary/aromatic N) is 2. The Labute approximate surface area is 132 Å². The molecule has 1 aliphatic rings. The molecule has 1 aliphatic carbocycles. The minimum absolute atomic E-state index is 0.363. The van der Waals surface area contributed by atoms with E-state index in [0.29, 0.717) is 38.5 Å². The van der Waals surface area contributed by atoms with Crippen LogP contribution >= 0.6 is 0 Å². The molecule has 0 aromatic carbocycles. The van der Waals surface area contributed by atoms with Crippen molar-refractivity contribution in [2.75, 3.05) is 33.5 Å². The maximum Gasteiger partial charge on any atom is 0.235 e. The van der Waals surface area contributed by atoms with Gasteiger partial charge < -0.3 is 19.9 Å². The largest absolute Gasteiger partial charge is 0.476 e. The molecule has 2 rings (SSSR count). The first-order chi connectivity index (χ1) is 10.7. The van der Waals surface area contributed by atoms with Gasteiger partial charge in [-0.3, -0.25) is 4.68 Å². The number of hydrogen-bond acceptors (Lipinski definition) is 5. The summed E-state index contributed by atoms with van der Waals surface area (Å²) in [6.45, 7) is 4.62. The molecular weight excluding hydrogens is 282 g/mol. The number of aromatic nitrogens is 2. The first kappa shape index (κ1) is 17.2. The van der Waals surface area contributed by atoms with E-state index in [1.54, 1.807) is 7.11 Å². The molecule has 1 aromatic heterocycles. The standard InChI is InChI=1S/C16H29N3O3/c1-13-12-19(15-6-4-14(17)5-7-15)18-16(13)22-9-3-8-21-11-10-20-2/h12,14-15H,3-11,17H2,1-2H3. The molecule has 2 N–H and O–H groups in total. The van der Waals surface area contributed by atoms with Gasteiger partial charge in [-0.2, -0.15) is 0 Å². The zero-order valence-corrected chi connectivity index (χ0v) is 13.8. The Bertz CT molecular complexity index is 428. The topological polar surface area (TPSA) is 71.5 Å². The molecule has 0 unspecified atom stereocenters. The second kappa shape index (κ2) is 9.12. The molecule has 1 aromatic rings. The van der Waals surface area contributed by atoms with Crippen LogP contribution in [-0.4, -0.2) is 49.4 Å². The Kier molecular flexibility index (Phi) is 7.15. The molecule has 0 spiro atoms. The molecule has 126 valence electrons. The van der Waals surface area contributed by atoms with Gasteiger partial charge >= 0.3 is 0 Å². The summed E-state index contributed by atoms with van der Waals surface area (Å²) in [7, 11) is 1.67. The molecule has 1 saturated carbocycles. The molecule has 0 amide bonds. The van der Waals surface area contributed by atoms with Crippen LogP contribution in [0.2, 0.25) is 0 Å². The SMILES string of the molecule is COCCOCCCOc1nn(C2CCC(N)CC2)cc1C. The van der Waals surface area contributed by atoms with Crippen LogP contribution in [0.5, 0.6) is 5.88 Å². The van der Waals surface area contributed by atoms with Crippen molar-refractivity contribution in [3.63, 3.8) is 0 Å². The van der Waals surface area contributed by atoms with E-state index in [0.717, 1.165) is 43.5 Å². The lowest BCUT2D eigenvalue weighted by Gasteiger charge is -2.26. The lowest BCUT2D eigenvalue weighted by atomic mass is 9.92. The van der Waals surface area contributed by atoms with Gasteiger partial charge in [0, 0.05) is 37.9 Å². The highest BCUT2D eigenvalue weighted by Gasteiger charge is 2.21. The van der Waals surface area contributed by atoms with Gasteiger partial charge in [-0.05, 0) is 32.6 Å². The number of ether oxygens (including phenoxy) is 3. The van der Waals surface area contributed by atoms with Crippen molar-refractivity contribution >= 4 is 0 Å². The summed E-state index contributed by atoms with van der Waals surface area (Å²) >= 11 is 0. The first-order valence-electron chi connectivity index (χ1n) is 8.21. The maximum absolute atomic E-state index is 5.96. The van der Waals surface area contributed by atoms with Crippen LogP contribution in [0.25, 0.3) is 0 Å². The second-order valence-electron chi connectivity index (χ2n) is 5.97. The van der Waals surface area contributed by atoms with Crippen molar-refractivity contribution < 1.29 is 14.2 Å². The minimum Gasteiger partial charge on any atom is -0.476 e. The van der Waals surface area contributed by atoms with Crippen molar-refractivity contribution in [1.82, 2.24) is 9.78 Å². The molecule has 22 heavy (non-hydrogen) atoms. The fourth-order valence-corrected chi connectivity index (χ4v) is 2.74. The predicted octanol–water partition coefficient (Wildman–Crippen LogP) is 2.07. The van der Waals surface area contributed by atoms with Crippen molar-refractivity contribution in [2.45, 2.75) is 51.1 Å². The Hall–Kier alpha value is -1.11. The molecule has 0 aliphatic heterocycles. The van der Waals surface area contributed by atoms with Gasteiger partial charge in [-0.1, -0.05) is 0 Å². The molecule has 1 fully saturated rings. The Balaban J connectivity index is 1.71. The average molecular weight is 311 g/mol. The Morgan fingerprint density at radius 3 is 2.68 bits per heavy atom. The quantitative estimate of drug-likeness (QED) is 0.707. The number of hydrogen-bond donors (Lipinski definition) is 1. The summed E-state index contributed by atoms with van der Waals surface area (Å²) in [6, 6.07) is 0.829. The van der Waals surface area contributed by atoms with Crippen molar-refractivity contribution in [2.24, 2.45) is 5.73 Å². The maximum atomic E-state index is 5.96. The number of aryl methyl sites for hydroxylation is 1. The van der Waals surface area contributed by atoms with Crippen LogP contribution in [0.3, 0.4) is 0 Å². The molecule has 0 bridgehead atoms. The summed E-state index contributed by atoms with van der Waals surface area (Å²) in [5.41, 5.74) is 7.05. The van der Waals surface area contributed by atoms with Gasteiger partial charge in [0.25, 0.3) is 0 Å². The third kappa shape index (κ3) is 5.26. The first-order valence-corrected chi connectivity index (χ1v) is 8.21. The highest BCUT2D eigenvalue weighted by molar-refractivity contribution is 5.21. The summed E-state index contributed by atoms with van der Waals surface area (Å²) in [5.74, 6) is 0.742. The summed E-state index contributed by atoms with van der Waals surface area (Å²) in [6.07, 6.45) is 7.32. The average Bonchev–Trinajstić information content (AvgIpc) is 2.88. The monoisotopic (exact) mass is 311 g/mol. The summed E-state index contributed by atoms with van der Waals surface area (Å²) in [4.78, 5) is 0. The van der Waals surface area contributed by atoms with E-state index in [9.17, 15) is 0 Å².